The molecule has 2 aliphatic rings. The fourth-order valence-electron chi connectivity index (χ4n) is 4.13. The number of hydrogen-bond acceptors (Lipinski definition) is 2. The van der Waals surface area contributed by atoms with Crippen LogP contribution in [0.2, 0.25) is 0 Å². The van der Waals surface area contributed by atoms with Crippen molar-refractivity contribution in [3.05, 3.63) is 66.2 Å². The number of carbonyl (C=O) groups is 2. The molecule has 5 nitrogen and oxygen atoms in total. The molecule has 1 atom stereocenters. The second-order valence-corrected chi connectivity index (χ2v) is 7.23. The van der Waals surface area contributed by atoms with Crippen LogP contribution in [0.4, 0.5) is 5.69 Å². The molecule has 1 unspecified atom stereocenters. The molecule has 5 heteroatoms. The molecule has 2 aromatic rings. The Morgan fingerprint density at radius 2 is 1.46 bits per heavy atom. The topological polar surface area (TPSA) is 46.3 Å². The molecule has 0 aliphatic carbocycles. The number of amides is 2. The molecule has 2 heterocycles. The van der Waals surface area contributed by atoms with Crippen molar-refractivity contribution >= 4 is 17.5 Å². The van der Waals surface area contributed by atoms with Crippen molar-refractivity contribution in [3.63, 3.8) is 0 Å². The number of rotatable bonds is 4. The molecule has 2 aromatic carbocycles. The van der Waals surface area contributed by atoms with E-state index in [1.807, 2.05) is 36.4 Å². The summed E-state index contributed by atoms with van der Waals surface area (Å²) in [4.78, 5) is 29.5. The molecular formula is C21H25N3O2+2. The number of benzene rings is 2. The molecule has 0 aromatic heterocycles. The van der Waals surface area contributed by atoms with E-state index >= 15 is 0 Å². The van der Waals surface area contributed by atoms with Gasteiger partial charge in [0, 0.05) is 5.56 Å². The van der Waals surface area contributed by atoms with Gasteiger partial charge in [-0.05, 0) is 12.1 Å². The second-order valence-electron chi connectivity index (χ2n) is 7.23. The molecule has 4 rings (SSSR count). The van der Waals surface area contributed by atoms with Gasteiger partial charge in [0.25, 0.3) is 5.91 Å². The summed E-state index contributed by atoms with van der Waals surface area (Å²) in [6, 6.07) is 19.6. The van der Waals surface area contributed by atoms with Gasteiger partial charge in [0.2, 0.25) is 5.91 Å². The highest BCUT2D eigenvalue weighted by Crippen LogP contribution is 2.21. The molecule has 0 radical (unpaired) electrons. The normalized spacial score (nSPS) is 26.3. The van der Waals surface area contributed by atoms with Crippen LogP contribution in [-0.4, -0.2) is 44.0 Å². The Balaban J connectivity index is 1.37. The van der Waals surface area contributed by atoms with Gasteiger partial charge in [-0.3, -0.25) is 9.59 Å². The van der Waals surface area contributed by atoms with Gasteiger partial charge in [0.05, 0.1) is 12.1 Å². The lowest BCUT2D eigenvalue weighted by Gasteiger charge is -2.32. The van der Waals surface area contributed by atoms with Crippen molar-refractivity contribution in [2.75, 3.05) is 31.1 Å². The molecule has 134 valence electrons. The standard InChI is InChI=1S/C21H23N3O2/c25-20-15-19(21(26)24(20)18-9-5-2-6-10-18)23-13-11-22(12-14-23)16-17-7-3-1-4-8-17/h1-10,19H,11-16H2/p+2. The summed E-state index contributed by atoms with van der Waals surface area (Å²) in [5.74, 6) is -0.111. The molecule has 0 saturated carbocycles. The number of nitrogens with zero attached hydrogens (tertiary/aromatic N) is 1. The first-order valence-electron chi connectivity index (χ1n) is 9.36. The summed E-state index contributed by atoms with van der Waals surface area (Å²) in [5, 5.41) is 0. The summed E-state index contributed by atoms with van der Waals surface area (Å²) in [7, 11) is 0. The second kappa shape index (κ2) is 7.40. The van der Waals surface area contributed by atoms with Crippen LogP contribution in [0.1, 0.15) is 12.0 Å². The van der Waals surface area contributed by atoms with E-state index in [9.17, 15) is 9.59 Å². The molecule has 2 amide bonds. The van der Waals surface area contributed by atoms with Gasteiger partial charge in [0.1, 0.15) is 32.7 Å². The highest BCUT2D eigenvalue weighted by atomic mass is 16.2. The van der Waals surface area contributed by atoms with Gasteiger partial charge in [-0.25, -0.2) is 4.90 Å². The van der Waals surface area contributed by atoms with Crippen LogP contribution in [0.5, 0.6) is 0 Å². The SMILES string of the molecule is O=C1CC([NH+]2CC[NH+](Cc3ccccc3)CC2)C(=O)N1c1ccccc1. The van der Waals surface area contributed by atoms with Gasteiger partial charge < -0.3 is 9.80 Å². The van der Waals surface area contributed by atoms with Crippen LogP contribution in [0.25, 0.3) is 0 Å². The summed E-state index contributed by atoms with van der Waals surface area (Å²) in [6.07, 6.45) is 0.330. The third-order valence-corrected chi connectivity index (χ3v) is 5.55. The Morgan fingerprint density at radius 1 is 0.846 bits per heavy atom. The van der Waals surface area contributed by atoms with E-state index in [2.05, 4.69) is 24.3 Å². The Bertz CT molecular complexity index is 770. The molecule has 2 aliphatic heterocycles. The Hall–Kier alpha value is -2.50. The number of quaternary nitrogens is 2. The summed E-state index contributed by atoms with van der Waals surface area (Å²) >= 11 is 0. The minimum atomic E-state index is -0.221. The summed E-state index contributed by atoms with van der Waals surface area (Å²) in [6.45, 7) is 4.98. The van der Waals surface area contributed by atoms with E-state index < -0.39 is 0 Å². The lowest BCUT2D eigenvalue weighted by atomic mass is 10.1. The molecule has 0 bridgehead atoms. The van der Waals surface area contributed by atoms with Gasteiger partial charge in [0.15, 0.2) is 6.04 Å². The Morgan fingerprint density at radius 3 is 2.12 bits per heavy atom. The fourth-order valence-corrected chi connectivity index (χ4v) is 4.13. The smallest absolute Gasteiger partial charge is 0.292 e. The number of nitrogens with one attached hydrogen (secondary N) is 2. The first-order chi connectivity index (χ1) is 12.7. The van der Waals surface area contributed by atoms with Crippen molar-refractivity contribution in [2.45, 2.75) is 19.0 Å². The maximum absolute atomic E-state index is 12.9. The lowest BCUT2D eigenvalue weighted by molar-refractivity contribution is -1.02. The average Bonchev–Trinajstić information content (AvgIpc) is 2.98. The zero-order chi connectivity index (χ0) is 17.9. The monoisotopic (exact) mass is 351 g/mol. The number of carbonyl (C=O) groups excluding carboxylic acids is 2. The molecule has 2 saturated heterocycles. The predicted molar refractivity (Wildman–Crippen MR) is 98.9 cm³/mol. The lowest BCUT2D eigenvalue weighted by Crippen LogP contribution is -3.29. The third kappa shape index (κ3) is 3.41. The number of anilines is 1. The van der Waals surface area contributed by atoms with E-state index in [0.29, 0.717) is 12.1 Å². The minimum absolute atomic E-state index is 0.0392. The molecule has 2 fully saturated rings. The van der Waals surface area contributed by atoms with Crippen molar-refractivity contribution in [1.82, 2.24) is 0 Å². The quantitative estimate of drug-likeness (QED) is 0.716. The van der Waals surface area contributed by atoms with Crippen LogP contribution in [0.3, 0.4) is 0 Å². The first kappa shape index (κ1) is 16.9. The van der Waals surface area contributed by atoms with Crippen LogP contribution in [0.15, 0.2) is 60.7 Å². The molecular weight excluding hydrogens is 326 g/mol. The number of imide groups is 1. The molecule has 0 spiro atoms. The zero-order valence-corrected chi connectivity index (χ0v) is 14.9. The highest BCUT2D eigenvalue weighted by molar-refractivity contribution is 6.21. The first-order valence-corrected chi connectivity index (χ1v) is 9.36. The van der Waals surface area contributed by atoms with E-state index in [1.54, 1.807) is 4.90 Å². The van der Waals surface area contributed by atoms with Crippen molar-refractivity contribution in [1.29, 1.82) is 0 Å². The van der Waals surface area contributed by atoms with E-state index in [-0.39, 0.29) is 17.9 Å². The van der Waals surface area contributed by atoms with Gasteiger partial charge in [-0.1, -0.05) is 48.5 Å². The molecule has 26 heavy (non-hydrogen) atoms. The van der Waals surface area contributed by atoms with E-state index in [4.69, 9.17) is 0 Å². The minimum Gasteiger partial charge on any atom is -0.322 e. The maximum Gasteiger partial charge on any atom is 0.292 e. The Labute approximate surface area is 153 Å². The zero-order valence-electron chi connectivity index (χ0n) is 14.9. The van der Waals surface area contributed by atoms with Crippen molar-refractivity contribution in [2.24, 2.45) is 0 Å². The van der Waals surface area contributed by atoms with Crippen LogP contribution in [0, 0.1) is 0 Å². The summed E-state index contributed by atoms with van der Waals surface area (Å²) in [5.41, 5.74) is 2.05. The van der Waals surface area contributed by atoms with Gasteiger partial charge >= 0.3 is 0 Å². The van der Waals surface area contributed by atoms with Crippen molar-refractivity contribution in [3.8, 4) is 0 Å². The summed E-state index contributed by atoms with van der Waals surface area (Å²) < 4.78 is 0. The maximum atomic E-state index is 12.9. The predicted octanol–water partition coefficient (Wildman–Crippen LogP) is -0.698. The van der Waals surface area contributed by atoms with Gasteiger partial charge in [-0.2, -0.15) is 0 Å². The van der Waals surface area contributed by atoms with E-state index in [0.717, 1.165) is 32.7 Å². The van der Waals surface area contributed by atoms with E-state index in [1.165, 1.54) is 15.4 Å². The van der Waals surface area contributed by atoms with Crippen molar-refractivity contribution < 1.29 is 19.4 Å². The highest BCUT2D eigenvalue weighted by Gasteiger charge is 2.46. The Kier molecular flexibility index (Phi) is 4.82. The number of para-hydroxylation sites is 1. The number of piperazine rings is 1. The van der Waals surface area contributed by atoms with Crippen LogP contribution in [-0.2, 0) is 16.1 Å². The average molecular weight is 351 g/mol. The third-order valence-electron chi connectivity index (χ3n) is 5.55. The molecule has 2 N–H and O–H groups in total. The number of hydrogen-bond donors (Lipinski definition) is 2. The van der Waals surface area contributed by atoms with Crippen LogP contribution >= 0.6 is 0 Å². The largest absolute Gasteiger partial charge is 0.322 e. The van der Waals surface area contributed by atoms with Gasteiger partial charge in [-0.15, -0.1) is 0 Å². The van der Waals surface area contributed by atoms with Crippen LogP contribution < -0.4 is 14.7 Å². The fraction of sp³-hybridized carbons (Fsp3) is 0.333.